The van der Waals surface area contributed by atoms with Gasteiger partial charge in [-0.1, -0.05) is 0 Å². The summed E-state index contributed by atoms with van der Waals surface area (Å²) in [6.07, 6.45) is 0. The number of nitrogens with zero attached hydrogens (tertiary/aromatic N) is 1. The van der Waals surface area contributed by atoms with E-state index in [1.807, 2.05) is 0 Å². The van der Waals surface area contributed by atoms with Crippen LogP contribution in [-0.4, -0.2) is 26.8 Å². The van der Waals surface area contributed by atoms with E-state index in [1.165, 1.54) is 5.30 Å². The fourth-order valence-electron chi connectivity index (χ4n) is 1.60. The molecule has 0 saturated heterocycles. The fraction of sp³-hybridized carbons (Fsp3) is 0.455. The van der Waals surface area contributed by atoms with Crippen LogP contribution in [0.4, 0.5) is 0 Å². The van der Waals surface area contributed by atoms with Gasteiger partial charge < -0.3 is 0 Å². The zero-order chi connectivity index (χ0) is 10.8. The Morgan fingerprint density at radius 3 is 1.93 bits per heavy atom. The van der Waals surface area contributed by atoms with E-state index in [0.29, 0.717) is 0 Å². The van der Waals surface area contributed by atoms with E-state index < -0.39 is 20.5 Å². The van der Waals surface area contributed by atoms with Crippen molar-refractivity contribution in [2.75, 3.05) is 13.3 Å². The molecule has 1 nitrogen and oxygen atoms in total. The molecule has 0 spiro atoms. The number of benzene rings is 1. The molecule has 0 radical (unpaired) electrons. The predicted octanol–water partition coefficient (Wildman–Crippen LogP) is 3.61. The summed E-state index contributed by atoms with van der Waals surface area (Å²) < 4.78 is 5.11. The third kappa shape index (κ3) is 3.63. The minimum absolute atomic E-state index is 1.21. The molecule has 1 aromatic carbocycles. The quantitative estimate of drug-likeness (QED) is 0.575. The van der Waals surface area contributed by atoms with Crippen LogP contribution in [0, 0.1) is 0 Å². The van der Waals surface area contributed by atoms with Crippen LogP contribution in [0.15, 0.2) is 34.0 Å². The molecule has 0 fully saturated rings. The summed E-state index contributed by atoms with van der Waals surface area (Å²) in [5.74, 6) is 7.06. The van der Waals surface area contributed by atoms with Gasteiger partial charge in [0.25, 0.3) is 0 Å². The SMILES string of the molecule is CP(C)(=[N][Ge]([CH3])([CH3])[CH3])c1ccccc1. The Labute approximate surface area is 90.6 Å². The molecule has 0 N–H and O–H groups in total. The van der Waals surface area contributed by atoms with Crippen molar-refractivity contribution in [3.8, 4) is 0 Å². The molecule has 0 unspecified atom stereocenters. The minimum atomic E-state index is -1.78. The molecule has 0 aromatic heterocycles. The molecule has 0 aliphatic heterocycles. The van der Waals surface area contributed by atoms with Gasteiger partial charge >= 0.3 is 90.5 Å². The molecular formula is C11H20GeNP. The van der Waals surface area contributed by atoms with Gasteiger partial charge in [-0.05, 0) is 0 Å². The molecule has 1 aromatic rings. The van der Waals surface area contributed by atoms with Gasteiger partial charge in [-0.2, -0.15) is 0 Å². The van der Waals surface area contributed by atoms with Gasteiger partial charge in [0.15, 0.2) is 0 Å². The van der Waals surface area contributed by atoms with Gasteiger partial charge in [-0.15, -0.1) is 0 Å². The van der Waals surface area contributed by atoms with Crippen molar-refractivity contribution in [2.45, 2.75) is 17.3 Å². The summed E-state index contributed by atoms with van der Waals surface area (Å²) >= 11 is -1.78. The Morgan fingerprint density at radius 2 is 1.50 bits per heavy atom. The molecule has 78 valence electrons. The van der Waals surface area contributed by atoms with E-state index >= 15 is 0 Å². The second-order valence-corrected chi connectivity index (χ2v) is 18.9. The van der Waals surface area contributed by atoms with Crippen molar-refractivity contribution in [1.82, 2.24) is 0 Å². The topological polar surface area (TPSA) is 12.4 Å². The normalized spacial score (nSPS) is 12.6. The molecule has 0 atom stereocenters. The van der Waals surface area contributed by atoms with E-state index in [2.05, 4.69) is 60.9 Å². The van der Waals surface area contributed by atoms with Gasteiger partial charge in [0.2, 0.25) is 0 Å². The van der Waals surface area contributed by atoms with Crippen molar-refractivity contribution in [3.05, 3.63) is 30.3 Å². The van der Waals surface area contributed by atoms with Crippen molar-refractivity contribution in [2.24, 2.45) is 3.70 Å². The van der Waals surface area contributed by atoms with E-state index in [4.69, 9.17) is 3.70 Å². The Hall–Kier alpha value is -0.00714. The first kappa shape index (κ1) is 12.1. The Balaban J connectivity index is 3.15. The summed E-state index contributed by atoms with van der Waals surface area (Å²) in [4.78, 5) is 0. The predicted molar refractivity (Wildman–Crippen MR) is 70.6 cm³/mol. The van der Waals surface area contributed by atoms with Crippen LogP contribution in [0.2, 0.25) is 17.3 Å². The summed E-state index contributed by atoms with van der Waals surface area (Å²) in [5, 5.41) is 1.43. The first-order chi connectivity index (χ1) is 6.31. The van der Waals surface area contributed by atoms with Gasteiger partial charge in [-0.25, -0.2) is 0 Å². The molecule has 14 heavy (non-hydrogen) atoms. The number of hydrogen-bond acceptors (Lipinski definition) is 1. The molecule has 0 heterocycles. The number of rotatable bonds is 2. The Kier molecular flexibility index (Phi) is 3.65. The average molecular weight is 270 g/mol. The third-order valence-corrected chi connectivity index (χ3v) is 11.5. The molecule has 1 rings (SSSR count). The summed E-state index contributed by atoms with van der Waals surface area (Å²) in [6.45, 7) is 4.64. The molecule has 0 bridgehead atoms. The van der Waals surface area contributed by atoms with Gasteiger partial charge in [-0.3, -0.25) is 0 Å². The van der Waals surface area contributed by atoms with Gasteiger partial charge in [0, 0.05) is 0 Å². The molecule has 0 saturated carbocycles. The van der Waals surface area contributed by atoms with Crippen LogP contribution >= 0.6 is 7.05 Å². The third-order valence-electron chi connectivity index (χ3n) is 1.94. The van der Waals surface area contributed by atoms with Crippen LogP contribution < -0.4 is 5.30 Å². The number of hydrogen-bond donors (Lipinski definition) is 0. The van der Waals surface area contributed by atoms with Crippen molar-refractivity contribution in [1.29, 1.82) is 0 Å². The first-order valence-corrected chi connectivity index (χ1v) is 14.8. The van der Waals surface area contributed by atoms with E-state index in [-0.39, 0.29) is 0 Å². The van der Waals surface area contributed by atoms with Gasteiger partial charge in [0.05, 0.1) is 0 Å². The summed E-state index contributed by atoms with van der Waals surface area (Å²) in [6, 6.07) is 10.7. The molecule has 0 aliphatic rings. The maximum absolute atomic E-state index is 5.11. The van der Waals surface area contributed by atoms with Crippen LogP contribution in [0.1, 0.15) is 0 Å². The summed E-state index contributed by atoms with van der Waals surface area (Å²) in [7, 11) is -1.21. The van der Waals surface area contributed by atoms with E-state index in [0.717, 1.165) is 0 Å². The second kappa shape index (κ2) is 4.24. The standard InChI is InChI=1S/C11H20GeNP/c1-12(2,3)13-14(4,5)11-9-7-6-8-10-11/h6-10H,1-5H3. The Morgan fingerprint density at radius 1 is 1.00 bits per heavy atom. The van der Waals surface area contributed by atoms with Crippen LogP contribution in [0.3, 0.4) is 0 Å². The van der Waals surface area contributed by atoms with Crippen LogP contribution in [0.25, 0.3) is 0 Å². The van der Waals surface area contributed by atoms with Gasteiger partial charge in [0.1, 0.15) is 0 Å². The van der Waals surface area contributed by atoms with E-state index in [1.54, 1.807) is 0 Å². The van der Waals surface area contributed by atoms with Crippen LogP contribution in [-0.2, 0) is 0 Å². The van der Waals surface area contributed by atoms with Crippen molar-refractivity contribution < 1.29 is 0 Å². The van der Waals surface area contributed by atoms with Crippen molar-refractivity contribution >= 4 is 25.8 Å². The summed E-state index contributed by atoms with van der Waals surface area (Å²) in [5.41, 5.74) is 0. The molecule has 0 amide bonds. The molecule has 0 aliphatic carbocycles. The molecule has 3 heteroatoms. The Bertz CT molecular complexity index is 345. The van der Waals surface area contributed by atoms with E-state index in [9.17, 15) is 0 Å². The second-order valence-electron chi connectivity index (χ2n) is 5.00. The zero-order valence-electron chi connectivity index (χ0n) is 9.78. The zero-order valence-corrected chi connectivity index (χ0v) is 12.8. The van der Waals surface area contributed by atoms with Crippen molar-refractivity contribution in [3.63, 3.8) is 0 Å². The molecular weight excluding hydrogens is 250 g/mol. The fourth-order valence-corrected chi connectivity index (χ4v) is 14.3. The van der Waals surface area contributed by atoms with Crippen LogP contribution in [0.5, 0.6) is 0 Å². The maximum atomic E-state index is 5.11. The first-order valence-electron chi connectivity index (χ1n) is 4.95. The average Bonchev–Trinajstić information content (AvgIpc) is 2.01. The monoisotopic (exact) mass is 271 g/mol.